The monoisotopic (exact) mass is 626 g/mol. The van der Waals surface area contributed by atoms with Crippen LogP contribution in [0, 0.1) is 11.8 Å². The van der Waals surface area contributed by atoms with Gasteiger partial charge in [-0.15, -0.1) is 0 Å². The molecule has 3 heterocycles. The Labute approximate surface area is 269 Å². The van der Waals surface area contributed by atoms with Crippen molar-refractivity contribution in [2.24, 2.45) is 16.8 Å². The zero-order chi connectivity index (χ0) is 32.6. The first-order valence-corrected chi connectivity index (χ1v) is 16.0. The average Bonchev–Trinajstić information content (AvgIpc) is 3.56. The lowest BCUT2D eigenvalue weighted by Crippen LogP contribution is -2.29. The second kappa shape index (κ2) is 15.1. The summed E-state index contributed by atoms with van der Waals surface area (Å²) in [5, 5.41) is 12.2. The summed E-state index contributed by atoms with van der Waals surface area (Å²) in [5.41, 5.74) is 4.75. The number of ketones is 2. The Kier molecular flexibility index (Phi) is 10.7. The number of likely N-dealkylation sites (N-methyl/N-ethyl adjacent to an activating group) is 1. The fourth-order valence-electron chi connectivity index (χ4n) is 6.60. The highest BCUT2D eigenvalue weighted by molar-refractivity contribution is 6.25. The second-order valence-corrected chi connectivity index (χ2v) is 11.9. The van der Waals surface area contributed by atoms with Crippen molar-refractivity contribution in [2.75, 3.05) is 29.9 Å². The summed E-state index contributed by atoms with van der Waals surface area (Å²) >= 11 is 0. The van der Waals surface area contributed by atoms with E-state index >= 15 is 0 Å². The van der Waals surface area contributed by atoms with Gasteiger partial charge in [-0.05, 0) is 93.9 Å². The summed E-state index contributed by atoms with van der Waals surface area (Å²) in [6.45, 7) is 7.03. The van der Waals surface area contributed by atoms with Crippen molar-refractivity contribution in [1.29, 1.82) is 0 Å². The number of aliphatic imine (C=N–C) groups is 1. The third-order valence-electron chi connectivity index (χ3n) is 8.94. The molecule has 0 saturated heterocycles. The van der Waals surface area contributed by atoms with Crippen molar-refractivity contribution < 1.29 is 24.3 Å². The number of hydrogen-bond acceptors (Lipinski definition) is 10. The number of carbonyl (C=O) groups excluding carboxylic acids is 3. The number of aromatic nitrogens is 2. The number of hydroxylamine groups is 1. The Morgan fingerprint density at radius 2 is 1.85 bits per heavy atom. The third kappa shape index (κ3) is 7.59. The van der Waals surface area contributed by atoms with Gasteiger partial charge in [-0.1, -0.05) is 18.9 Å². The van der Waals surface area contributed by atoms with Crippen molar-refractivity contribution in [2.45, 2.75) is 65.7 Å². The van der Waals surface area contributed by atoms with Gasteiger partial charge in [0.1, 0.15) is 29.8 Å². The van der Waals surface area contributed by atoms with Crippen molar-refractivity contribution in [1.82, 2.24) is 15.4 Å². The Hall–Kier alpha value is -4.64. The first-order valence-electron chi connectivity index (χ1n) is 16.0. The van der Waals surface area contributed by atoms with E-state index in [0.717, 1.165) is 55.4 Å². The molecule has 3 N–H and O–H groups in total. The van der Waals surface area contributed by atoms with E-state index in [1.165, 1.54) is 13.1 Å². The van der Waals surface area contributed by atoms with Gasteiger partial charge in [0, 0.05) is 25.1 Å². The largest absolute Gasteiger partial charge is 0.490 e. The van der Waals surface area contributed by atoms with Crippen LogP contribution in [-0.4, -0.2) is 58.1 Å². The van der Waals surface area contributed by atoms with Gasteiger partial charge in [0.25, 0.3) is 5.91 Å². The maximum Gasteiger partial charge on any atom is 0.276 e. The Balaban J connectivity index is 1.27. The van der Waals surface area contributed by atoms with E-state index in [0.29, 0.717) is 60.8 Å². The molecule has 1 unspecified atom stereocenters. The number of anilines is 2. The molecule has 2 aromatic heterocycles. The molecule has 2 aliphatic carbocycles. The number of rotatable bonds is 11. The Morgan fingerprint density at radius 3 is 2.50 bits per heavy atom. The van der Waals surface area contributed by atoms with E-state index in [9.17, 15) is 14.4 Å². The van der Waals surface area contributed by atoms with Crippen LogP contribution in [0.25, 0.3) is 0 Å². The van der Waals surface area contributed by atoms with Gasteiger partial charge in [-0.2, -0.15) is 0 Å². The number of carbonyl (C=O) groups is 3. The van der Waals surface area contributed by atoms with Crippen LogP contribution in [0.1, 0.15) is 76.1 Å². The van der Waals surface area contributed by atoms with E-state index in [2.05, 4.69) is 27.4 Å². The molecule has 242 valence electrons. The molecule has 1 saturated carbocycles. The number of ether oxygens (including phenoxy) is 1. The van der Waals surface area contributed by atoms with Crippen LogP contribution >= 0.6 is 0 Å². The van der Waals surface area contributed by atoms with Crippen LogP contribution in [0.5, 0.6) is 5.75 Å². The molecular formula is C35H42N6O5. The molecule has 2 aromatic rings. The molecule has 0 bridgehead atoms. The van der Waals surface area contributed by atoms with Gasteiger partial charge in [-0.3, -0.25) is 19.6 Å². The summed E-state index contributed by atoms with van der Waals surface area (Å²) in [6, 6.07) is 7.03. The van der Waals surface area contributed by atoms with Crippen LogP contribution in [0.15, 0.2) is 76.3 Å². The molecule has 5 rings (SSSR count). The minimum absolute atomic E-state index is 0.0315. The molecule has 1 aliphatic heterocycles. The smallest absolute Gasteiger partial charge is 0.276 e. The number of Topliss-reactive ketones (excluding diaryl/α,β-unsaturated/α-hetero) is 2. The van der Waals surface area contributed by atoms with Gasteiger partial charge >= 0.3 is 0 Å². The minimum Gasteiger partial charge on any atom is -0.490 e. The van der Waals surface area contributed by atoms with E-state index in [-0.39, 0.29) is 23.0 Å². The SMILES string of the molecule is CCN(CCOc1ccc(NC2=C\CC/C=C3/C(C)=C(C(C)=O)C(=O)CC(C4CCCC4)/C3=N/2)nc1)c1ccc(C(=O)NO)cn1. The molecule has 11 nitrogen and oxygen atoms in total. The summed E-state index contributed by atoms with van der Waals surface area (Å²) in [5.74, 6) is 2.10. The number of nitrogens with one attached hydrogen (secondary N) is 2. The third-order valence-corrected chi connectivity index (χ3v) is 8.94. The molecule has 1 fully saturated rings. The van der Waals surface area contributed by atoms with Crippen molar-refractivity contribution in [3.05, 3.63) is 76.9 Å². The minimum atomic E-state index is -0.611. The molecule has 46 heavy (non-hydrogen) atoms. The number of pyridine rings is 2. The first kappa shape index (κ1) is 32.7. The highest BCUT2D eigenvalue weighted by Gasteiger charge is 2.38. The van der Waals surface area contributed by atoms with Gasteiger partial charge in [0.05, 0.1) is 29.6 Å². The normalized spacial score (nSPS) is 22.1. The maximum absolute atomic E-state index is 13.4. The summed E-state index contributed by atoms with van der Waals surface area (Å²) in [4.78, 5) is 53.6. The van der Waals surface area contributed by atoms with Gasteiger partial charge in [0.15, 0.2) is 11.6 Å². The quantitative estimate of drug-likeness (QED) is 0.165. The van der Waals surface area contributed by atoms with Crippen molar-refractivity contribution >= 4 is 34.8 Å². The maximum atomic E-state index is 13.4. The number of amides is 1. The van der Waals surface area contributed by atoms with E-state index in [1.54, 1.807) is 23.8 Å². The summed E-state index contributed by atoms with van der Waals surface area (Å²) in [7, 11) is 0. The van der Waals surface area contributed by atoms with Gasteiger partial charge < -0.3 is 15.0 Å². The highest BCUT2D eigenvalue weighted by Crippen LogP contribution is 2.40. The predicted molar refractivity (Wildman–Crippen MR) is 176 cm³/mol. The first-order chi connectivity index (χ1) is 22.3. The lowest BCUT2D eigenvalue weighted by Gasteiger charge is -2.26. The van der Waals surface area contributed by atoms with Crippen molar-refractivity contribution in [3.8, 4) is 5.75 Å². The topological polar surface area (TPSA) is 146 Å². The van der Waals surface area contributed by atoms with Gasteiger partial charge in [0.2, 0.25) is 0 Å². The molecule has 3 aliphatic rings. The molecule has 1 atom stereocenters. The highest BCUT2D eigenvalue weighted by atomic mass is 16.5. The molecule has 0 radical (unpaired) electrons. The fourth-order valence-corrected chi connectivity index (χ4v) is 6.60. The number of allylic oxidation sites excluding steroid dienone is 5. The molecular weight excluding hydrogens is 584 g/mol. The Bertz CT molecular complexity index is 1570. The average molecular weight is 627 g/mol. The fraction of sp³-hybridized carbons (Fsp3) is 0.429. The van der Waals surface area contributed by atoms with Gasteiger partial charge in [-0.25, -0.2) is 20.4 Å². The summed E-state index contributed by atoms with van der Waals surface area (Å²) in [6.07, 6.45) is 13.6. The van der Waals surface area contributed by atoms with E-state index < -0.39 is 5.91 Å². The van der Waals surface area contributed by atoms with E-state index in [1.807, 2.05) is 30.9 Å². The lowest BCUT2D eigenvalue weighted by molar-refractivity contribution is -0.120. The van der Waals surface area contributed by atoms with E-state index in [4.69, 9.17) is 14.9 Å². The molecule has 11 heteroatoms. The van der Waals surface area contributed by atoms with Crippen LogP contribution in [0.4, 0.5) is 11.6 Å². The zero-order valence-corrected chi connectivity index (χ0v) is 26.7. The predicted octanol–water partition coefficient (Wildman–Crippen LogP) is 5.60. The summed E-state index contributed by atoms with van der Waals surface area (Å²) < 4.78 is 5.96. The number of hydrogen-bond donors (Lipinski definition) is 3. The second-order valence-electron chi connectivity index (χ2n) is 11.9. The van der Waals surface area contributed by atoms with Crippen LogP contribution < -0.4 is 20.4 Å². The number of nitrogens with zero attached hydrogens (tertiary/aromatic N) is 4. The molecule has 1 amide bonds. The molecule has 0 aromatic carbocycles. The zero-order valence-electron chi connectivity index (χ0n) is 26.7. The molecule has 0 spiro atoms. The number of fused-ring (bicyclic) bond motifs is 1. The lowest BCUT2D eigenvalue weighted by atomic mass is 9.80. The van der Waals surface area contributed by atoms with Crippen molar-refractivity contribution in [3.63, 3.8) is 0 Å². The van der Waals surface area contributed by atoms with Crippen LogP contribution in [0.2, 0.25) is 0 Å². The standard InChI is InChI=1S/C35H42N6O5/c1-4-41(32-16-13-25(20-37-32)35(44)40-45)17-18-46-26-14-15-30(36-21-26)38-31-12-8-7-11-27-22(2)33(23(3)42)29(43)19-28(34(27)39-31)24-9-5-6-10-24/h11-16,20-21,24,28,45H,4-10,17-19H2,1-3H3,(H,36,38)(H,40,44)/b27-11-,31-12-,39-34+. The van der Waals surface area contributed by atoms with Crippen LogP contribution in [0.3, 0.4) is 0 Å². The van der Waals surface area contributed by atoms with Crippen LogP contribution in [-0.2, 0) is 9.59 Å². The Morgan fingerprint density at radius 1 is 1.07 bits per heavy atom.